The van der Waals surface area contributed by atoms with E-state index in [1.807, 2.05) is 47.8 Å². The minimum absolute atomic E-state index is 0.691. The van der Waals surface area contributed by atoms with Crippen LogP contribution in [0.25, 0.3) is 0 Å². The third-order valence-electron chi connectivity index (χ3n) is 1.89. The monoisotopic (exact) mass is 211 g/mol. The second-order valence-corrected chi connectivity index (χ2v) is 3.87. The molecule has 2 rings (SSSR count). The number of hydrogen-bond donors (Lipinski definition) is 0. The first-order valence-electron chi connectivity index (χ1n) is 4.54. The average Bonchev–Trinajstić information content (AvgIpc) is 2.81. The summed E-state index contributed by atoms with van der Waals surface area (Å²) in [7, 11) is 0. The minimum Gasteiger partial charge on any atom is -0.238 e. The number of benzene rings is 1. The largest absolute Gasteiger partial charge is 0.238 e. The molecular weight excluding hydrogens is 202 g/mol. The van der Waals surface area contributed by atoms with Crippen LogP contribution < -0.4 is 0 Å². The summed E-state index contributed by atoms with van der Waals surface area (Å²) < 4.78 is 0. The number of aliphatic imine (C=N–C) groups is 1. The Morgan fingerprint density at radius 2 is 1.93 bits per heavy atom. The molecule has 0 N–H and O–H groups in total. The summed E-state index contributed by atoms with van der Waals surface area (Å²) in [6.45, 7) is 0. The molecule has 1 heterocycles. The van der Waals surface area contributed by atoms with Gasteiger partial charge >= 0.3 is 0 Å². The zero-order chi connectivity index (χ0) is 10.5. The molecule has 0 amide bonds. The van der Waals surface area contributed by atoms with Crippen molar-refractivity contribution in [2.75, 3.05) is 0 Å². The third-order valence-corrected chi connectivity index (χ3v) is 2.76. The predicted octanol–water partition coefficient (Wildman–Crippen LogP) is 3.50. The molecule has 0 saturated carbocycles. The van der Waals surface area contributed by atoms with Crippen LogP contribution >= 0.6 is 11.3 Å². The molecule has 0 unspecified atom stereocenters. The summed E-state index contributed by atoms with van der Waals surface area (Å²) in [4.78, 5) is 5.44. The van der Waals surface area contributed by atoms with Crippen molar-refractivity contribution < 1.29 is 0 Å². The number of rotatable bonds is 2. The smallest absolute Gasteiger partial charge is 0.130 e. The molecule has 15 heavy (non-hydrogen) atoms. The fourth-order valence-corrected chi connectivity index (χ4v) is 1.88. The molecule has 2 heteroatoms. The highest BCUT2D eigenvalue weighted by Crippen LogP contribution is 2.15. The molecule has 0 bridgehead atoms. The van der Waals surface area contributed by atoms with Crippen LogP contribution in [0.2, 0.25) is 0 Å². The highest BCUT2D eigenvalue weighted by molar-refractivity contribution is 7.12. The molecule has 72 valence electrons. The van der Waals surface area contributed by atoms with Crippen LogP contribution in [0.5, 0.6) is 0 Å². The van der Waals surface area contributed by atoms with Gasteiger partial charge in [-0.1, -0.05) is 24.3 Å². The van der Waals surface area contributed by atoms with Crippen molar-refractivity contribution in [1.82, 2.24) is 0 Å². The van der Waals surface area contributed by atoms with Crippen LogP contribution in [0, 0.1) is 12.3 Å². The second kappa shape index (κ2) is 4.59. The van der Waals surface area contributed by atoms with E-state index < -0.39 is 0 Å². The first-order valence-corrected chi connectivity index (χ1v) is 5.42. The molecule has 2 aromatic rings. The third kappa shape index (κ3) is 2.34. The van der Waals surface area contributed by atoms with Gasteiger partial charge in [-0.05, 0) is 29.5 Å². The van der Waals surface area contributed by atoms with Crippen molar-refractivity contribution >= 4 is 22.7 Å². The van der Waals surface area contributed by atoms with Crippen LogP contribution in [-0.4, -0.2) is 5.71 Å². The zero-order valence-corrected chi connectivity index (χ0v) is 8.87. The molecule has 0 aliphatic heterocycles. The fourth-order valence-electron chi connectivity index (χ4n) is 1.20. The van der Waals surface area contributed by atoms with E-state index in [-0.39, 0.29) is 0 Å². The highest BCUT2D eigenvalue weighted by atomic mass is 32.1. The fraction of sp³-hybridized carbons (Fsp3) is 0. The van der Waals surface area contributed by atoms with Crippen molar-refractivity contribution in [3.63, 3.8) is 0 Å². The average molecular weight is 211 g/mol. The molecule has 1 aromatic heterocycles. The van der Waals surface area contributed by atoms with E-state index in [0.717, 1.165) is 10.6 Å². The van der Waals surface area contributed by atoms with Crippen molar-refractivity contribution in [3.05, 3.63) is 52.7 Å². The Bertz CT molecular complexity index is 489. The Morgan fingerprint density at radius 1 is 1.13 bits per heavy atom. The van der Waals surface area contributed by atoms with Crippen molar-refractivity contribution in [1.29, 1.82) is 0 Å². The van der Waals surface area contributed by atoms with E-state index >= 15 is 0 Å². The summed E-state index contributed by atoms with van der Waals surface area (Å²) in [5, 5.41) is 1.99. The molecule has 0 saturated heterocycles. The number of hydrogen-bond acceptors (Lipinski definition) is 2. The Hall–Kier alpha value is -1.85. The van der Waals surface area contributed by atoms with E-state index in [2.05, 4.69) is 10.9 Å². The lowest BCUT2D eigenvalue weighted by molar-refractivity contribution is 1.52. The molecule has 0 spiro atoms. The minimum atomic E-state index is 0.691. The number of nitrogens with zero attached hydrogens (tertiary/aromatic N) is 1. The molecule has 1 aromatic carbocycles. The highest BCUT2D eigenvalue weighted by Gasteiger charge is 2.00. The first kappa shape index (κ1) is 9.70. The van der Waals surface area contributed by atoms with Crippen LogP contribution in [0.3, 0.4) is 0 Å². The van der Waals surface area contributed by atoms with Crippen molar-refractivity contribution in [3.8, 4) is 12.3 Å². The maximum absolute atomic E-state index is 5.44. The van der Waals surface area contributed by atoms with E-state index in [1.54, 1.807) is 11.3 Å². The van der Waals surface area contributed by atoms with Crippen LogP contribution in [0.1, 0.15) is 4.88 Å². The first-order chi connectivity index (χ1) is 7.40. The summed E-state index contributed by atoms with van der Waals surface area (Å²) in [5.41, 5.74) is 1.58. The lowest BCUT2D eigenvalue weighted by atomic mass is 10.3. The predicted molar refractivity (Wildman–Crippen MR) is 65.8 cm³/mol. The Morgan fingerprint density at radius 3 is 2.53 bits per heavy atom. The van der Waals surface area contributed by atoms with Crippen molar-refractivity contribution in [2.45, 2.75) is 0 Å². The molecule has 0 fully saturated rings. The number of para-hydroxylation sites is 1. The Balaban J connectivity index is 2.37. The lowest BCUT2D eigenvalue weighted by Gasteiger charge is -1.95. The topological polar surface area (TPSA) is 12.4 Å². The molecule has 0 radical (unpaired) electrons. The van der Waals surface area contributed by atoms with Gasteiger partial charge in [0.1, 0.15) is 5.71 Å². The molecule has 0 aliphatic carbocycles. The molecule has 0 aliphatic rings. The Kier molecular flexibility index (Phi) is 2.96. The van der Waals surface area contributed by atoms with E-state index in [9.17, 15) is 0 Å². The number of terminal acetylenes is 1. The maximum Gasteiger partial charge on any atom is 0.130 e. The molecule has 0 atom stereocenters. The van der Waals surface area contributed by atoms with Gasteiger partial charge in [0.15, 0.2) is 0 Å². The summed E-state index contributed by atoms with van der Waals surface area (Å²) in [6.07, 6.45) is 5.44. The molecular formula is C13H9NS. The zero-order valence-electron chi connectivity index (χ0n) is 8.05. The summed E-state index contributed by atoms with van der Waals surface area (Å²) >= 11 is 1.60. The van der Waals surface area contributed by atoms with Gasteiger partial charge in [-0.2, -0.15) is 0 Å². The van der Waals surface area contributed by atoms with Gasteiger partial charge in [-0.3, -0.25) is 0 Å². The van der Waals surface area contributed by atoms with Crippen molar-refractivity contribution in [2.24, 2.45) is 4.99 Å². The quantitative estimate of drug-likeness (QED) is 0.532. The molecule has 1 nitrogen and oxygen atoms in total. The van der Waals surface area contributed by atoms with Gasteiger partial charge in [0.05, 0.1) is 10.6 Å². The summed E-state index contributed by atoms with van der Waals surface area (Å²) in [6, 6.07) is 13.7. The van der Waals surface area contributed by atoms with E-state index in [4.69, 9.17) is 6.42 Å². The van der Waals surface area contributed by atoms with Gasteiger partial charge in [0, 0.05) is 0 Å². The SMILES string of the molecule is C#CC(=Nc1ccccc1)c1cccs1. The summed E-state index contributed by atoms with van der Waals surface area (Å²) in [5.74, 6) is 2.61. The standard InChI is InChI=1S/C13H9NS/c1-2-12(13-9-6-10-15-13)14-11-7-4-3-5-8-11/h1,3-10H. The van der Waals surface area contributed by atoms with Gasteiger partial charge in [0.25, 0.3) is 0 Å². The second-order valence-electron chi connectivity index (χ2n) is 2.92. The van der Waals surface area contributed by atoms with Gasteiger partial charge < -0.3 is 0 Å². The Labute approximate surface area is 93.1 Å². The van der Waals surface area contributed by atoms with Gasteiger partial charge in [0.2, 0.25) is 0 Å². The van der Waals surface area contributed by atoms with Gasteiger partial charge in [-0.25, -0.2) is 4.99 Å². The van der Waals surface area contributed by atoms with Crippen LogP contribution in [-0.2, 0) is 0 Å². The van der Waals surface area contributed by atoms with Gasteiger partial charge in [-0.15, -0.1) is 17.8 Å². The normalized spacial score (nSPS) is 11.0. The number of thiophene rings is 1. The van der Waals surface area contributed by atoms with Crippen LogP contribution in [0.4, 0.5) is 5.69 Å². The van der Waals surface area contributed by atoms with E-state index in [1.165, 1.54) is 0 Å². The lowest BCUT2D eigenvalue weighted by Crippen LogP contribution is -1.91. The maximum atomic E-state index is 5.44. The van der Waals surface area contributed by atoms with Crippen LogP contribution in [0.15, 0.2) is 52.8 Å². The van der Waals surface area contributed by atoms with E-state index in [0.29, 0.717) is 5.71 Å².